The quantitative estimate of drug-likeness (QED) is 0.400. The van der Waals surface area contributed by atoms with Crippen molar-refractivity contribution in [3.63, 3.8) is 0 Å². The van der Waals surface area contributed by atoms with Crippen molar-refractivity contribution in [1.29, 1.82) is 0 Å². The number of methoxy groups -OCH3 is 1. The van der Waals surface area contributed by atoms with Gasteiger partial charge in [-0.05, 0) is 42.5 Å². The Morgan fingerprint density at radius 1 is 1.00 bits per heavy atom. The monoisotopic (exact) mass is 504 g/mol. The number of carbonyl (C=O) groups excluding carboxylic acids is 2. The van der Waals surface area contributed by atoms with Gasteiger partial charge in [0.15, 0.2) is 12.4 Å². The minimum absolute atomic E-state index is 0. The minimum atomic E-state index is -0.245. The molecule has 0 aliphatic carbocycles. The molecule has 1 amide bonds. The van der Waals surface area contributed by atoms with Gasteiger partial charge in [-0.3, -0.25) is 9.59 Å². The van der Waals surface area contributed by atoms with E-state index in [0.717, 1.165) is 10.2 Å². The topological polar surface area (TPSA) is 59.3 Å². The Balaban J connectivity index is 0.00000280. The lowest BCUT2D eigenvalue weighted by Gasteiger charge is -2.06. The lowest BCUT2D eigenvalue weighted by molar-refractivity contribution is -0.683. The summed E-state index contributed by atoms with van der Waals surface area (Å²) in [5.41, 5.74) is 1.76. The highest BCUT2D eigenvalue weighted by atomic mass is 79.9. The number of nitrogens with zero attached hydrogens (tertiary/aromatic N) is 1. The molecule has 0 atom stereocenters. The van der Waals surface area contributed by atoms with Crippen LogP contribution in [-0.2, 0) is 6.54 Å². The highest BCUT2D eigenvalue weighted by Crippen LogP contribution is 2.16. The Hall–Kier alpha value is -2.51. The maximum Gasteiger partial charge on any atom is 0.261 e. The Bertz CT molecular complexity index is 958. The Labute approximate surface area is 182 Å². The molecule has 0 saturated carbocycles. The largest absolute Gasteiger partial charge is 1.00 e. The molecular weight excluding hydrogens is 488 g/mol. The fraction of sp³-hybridized carbons (Fsp3) is 0.0952. The molecule has 5 nitrogen and oxygen atoms in total. The zero-order valence-corrected chi connectivity index (χ0v) is 18.2. The molecule has 0 aliphatic heterocycles. The molecule has 0 radical (unpaired) electrons. The van der Waals surface area contributed by atoms with Gasteiger partial charge in [-0.25, -0.2) is 0 Å². The molecule has 2 aromatic carbocycles. The SMILES string of the molecule is COc1ccc(NC(=O)c2ccc[n+](CC(=O)c3ccc(Br)cc3)c2)cc1.[Br-]. The van der Waals surface area contributed by atoms with Crippen molar-refractivity contribution >= 4 is 33.3 Å². The second-order valence-corrected chi connectivity index (χ2v) is 6.79. The van der Waals surface area contributed by atoms with Crippen LogP contribution in [-0.4, -0.2) is 18.8 Å². The number of carbonyl (C=O) groups is 2. The molecule has 3 rings (SSSR count). The molecule has 1 heterocycles. The van der Waals surface area contributed by atoms with Gasteiger partial charge in [0.2, 0.25) is 12.3 Å². The fourth-order valence-electron chi connectivity index (χ4n) is 2.53. The van der Waals surface area contributed by atoms with Gasteiger partial charge >= 0.3 is 0 Å². The van der Waals surface area contributed by atoms with Crippen LogP contribution < -0.4 is 31.6 Å². The molecule has 0 fully saturated rings. The lowest BCUT2D eigenvalue weighted by Crippen LogP contribution is -3.00. The maximum atomic E-state index is 12.5. The van der Waals surface area contributed by atoms with Gasteiger partial charge in [-0.15, -0.1) is 0 Å². The van der Waals surface area contributed by atoms with Crippen molar-refractivity contribution in [2.24, 2.45) is 0 Å². The van der Waals surface area contributed by atoms with Crippen LogP contribution >= 0.6 is 15.9 Å². The number of hydrogen-bond acceptors (Lipinski definition) is 3. The van der Waals surface area contributed by atoms with Crippen LogP contribution in [0.25, 0.3) is 0 Å². The molecule has 1 aromatic heterocycles. The zero-order chi connectivity index (χ0) is 19.2. The standard InChI is InChI=1S/C21H17BrN2O3.BrH/c1-27-19-10-8-18(9-11-19)23-21(26)16-3-2-12-24(13-16)14-20(25)15-4-6-17(22)7-5-15;/h2-13H,14H2,1H3;1H. The van der Waals surface area contributed by atoms with Crippen LogP contribution in [0.3, 0.4) is 0 Å². The summed E-state index contributed by atoms with van der Waals surface area (Å²) in [5, 5.41) is 2.83. The number of ketones is 1. The summed E-state index contributed by atoms with van der Waals surface area (Å²) >= 11 is 3.35. The number of anilines is 1. The first kappa shape index (κ1) is 21.8. The van der Waals surface area contributed by atoms with E-state index in [1.165, 1.54) is 0 Å². The van der Waals surface area contributed by atoms with Crippen molar-refractivity contribution in [1.82, 2.24) is 0 Å². The van der Waals surface area contributed by atoms with Crippen molar-refractivity contribution in [3.05, 3.63) is 88.7 Å². The Morgan fingerprint density at radius 2 is 1.68 bits per heavy atom. The van der Waals surface area contributed by atoms with Gasteiger partial charge in [0, 0.05) is 21.8 Å². The van der Waals surface area contributed by atoms with E-state index in [0.29, 0.717) is 16.8 Å². The van der Waals surface area contributed by atoms with E-state index >= 15 is 0 Å². The third-order valence-corrected chi connectivity index (χ3v) is 4.49. The van der Waals surface area contributed by atoms with Gasteiger partial charge in [0.25, 0.3) is 5.91 Å². The number of ether oxygens (including phenoxy) is 1. The predicted molar refractivity (Wildman–Crippen MR) is 106 cm³/mol. The van der Waals surface area contributed by atoms with E-state index in [1.807, 2.05) is 12.1 Å². The Morgan fingerprint density at radius 3 is 2.32 bits per heavy atom. The normalized spacial score (nSPS) is 9.93. The number of pyridine rings is 1. The number of amides is 1. The maximum absolute atomic E-state index is 12.5. The van der Waals surface area contributed by atoms with Gasteiger partial charge in [-0.2, -0.15) is 4.57 Å². The molecular formula is C21H18Br2N2O3. The third-order valence-electron chi connectivity index (χ3n) is 3.96. The van der Waals surface area contributed by atoms with Crippen LogP contribution in [0.1, 0.15) is 20.7 Å². The van der Waals surface area contributed by atoms with Gasteiger partial charge in [0.1, 0.15) is 11.3 Å². The first-order valence-electron chi connectivity index (χ1n) is 8.28. The van der Waals surface area contributed by atoms with E-state index in [9.17, 15) is 9.59 Å². The second-order valence-electron chi connectivity index (χ2n) is 5.88. The molecule has 1 N–H and O–H groups in total. The molecule has 0 spiro atoms. The summed E-state index contributed by atoms with van der Waals surface area (Å²) in [7, 11) is 1.59. The number of halogens is 2. The van der Waals surface area contributed by atoms with Crippen LogP contribution in [0.5, 0.6) is 5.75 Å². The van der Waals surface area contributed by atoms with Crippen LogP contribution in [0.15, 0.2) is 77.5 Å². The molecule has 28 heavy (non-hydrogen) atoms. The van der Waals surface area contributed by atoms with Crippen molar-refractivity contribution in [2.45, 2.75) is 6.54 Å². The van der Waals surface area contributed by atoms with Crippen molar-refractivity contribution < 1.29 is 35.9 Å². The lowest BCUT2D eigenvalue weighted by atomic mass is 10.1. The molecule has 0 aliphatic rings. The van der Waals surface area contributed by atoms with Crippen molar-refractivity contribution in [2.75, 3.05) is 12.4 Å². The van der Waals surface area contributed by atoms with Crippen LogP contribution in [0.4, 0.5) is 5.69 Å². The number of Topliss-reactive ketones (excluding diaryl/α,β-unsaturated/α-hetero) is 1. The second kappa shape index (κ2) is 10.1. The summed E-state index contributed by atoms with van der Waals surface area (Å²) in [4.78, 5) is 24.9. The molecule has 0 bridgehead atoms. The van der Waals surface area contributed by atoms with Gasteiger partial charge < -0.3 is 27.0 Å². The summed E-state index contributed by atoms with van der Waals surface area (Å²) in [6.07, 6.45) is 3.43. The molecule has 144 valence electrons. The van der Waals surface area contributed by atoms with Crippen LogP contribution in [0.2, 0.25) is 0 Å². The van der Waals surface area contributed by atoms with Gasteiger partial charge in [-0.1, -0.05) is 28.1 Å². The average molecular weight is 506 g/mol. The van der Waals surface area contributed by atoms with E-state index in [2.05, 4.69) is 21.2 Å². The van der Waals surface area contributed by atoms with Gasteiger partial charge in [0.05, 0.1) is 7.11 Å². The minimum Gasteiger partial charge on any atom is -1.00 e. The summed E-state index contributed by atoms with van der Waals surface area (Å²) in [6.45, 7) is 0.158. The number of hydrogen-bond donors (Lipinski definition) is 1. The first-order chi connectivity index (χ1) is 13.0. The molecule has 0 saturated heterocycles. The average Bonchev–Trinajstić information content (AvgIpc) is 2.69. The first-order valence-corrected chi connectivity index (χ1v) is 9.08. The smallest absolute Gasteiger partial charge is 0.261 e. The summed E-state index contributed by atoms with van der Waals surface area (Å²) in [5.74, 6) is 0.447. The fourth-order valence-corrected chi connectivity index (χ4v) is 2.79. The molecule has 0 unspecified atom stereocenters. The van der Waals surface area contributed by atoms with Crippen molar-refractivity contribution in [3.8, 4) is 5.75 Å². The predicted octanol–water partition coefficient (Wildman–Crippen LogP) is 0.884. The number of benzene rings is 2. The highest BCUT2D eigenvalue weighted by molar-refractivity contribution is 9.10. The Kier molecular flexibility index (Phi) is 7.90. The van der Waals surface area contributed by atoms with Crippen LogP contribution in [0, 0.1) is 0 Å². The molecule has 3 aromatic rings. The summed E-state index contributed by atoms with van der Waals surface area (Å²) in [6, 6.07) is 17.7. The highest BCUT2D eigenvalue weighted by Gasteiger charge is 2.15. The summed E-state index contributed by atoms with van der Waals surface area (Å²) < 4.78 is 7.73. The zero-order valence-electron chi connectivity index (χ0n) is 15.1. The van der Waals surface area contributed by atoms with E-state index < -0.39 is 0 Å². The third kappa shape index (κ3) is 5.74. The van der Waals surface area contributed by atoms with E-state index in [4.69, 9.17) is 4.74 Å². The number of nitrogens with one attached hydrogen (secondary N) is 1. The van der Waals surface area contributed by atoms with E-state index in [-0.39, 0.29) is 35.2 Å². The van der Waals surface area contributed by atoms with E-state index in [1.54, 1.807) is 72.6 Å². The molecule has 7 heteroatoms. The number of aromatic nitrogens is 1. The number of rotatable bonds is 6.